The maximum atomic E-state index is 12.8. The lowest BCUT2D eigenvalue weighted by Gasteiger charge is -2.22. The van der Waals surface area contributed by atoms with Crippen molar-refractivity contribution < 1.29 is 24.2 Å². The van der Waals surface area contributed by atoms with Crippen molar-refractivity contribution in [3.63, 3.8) is 0 Å². The number of nitrogens with zero attached hydrogens (tertiary/aromatic N) is 1. The van der Waals surface area contributed by atoms with E-state index in [2.05, 4.69) is 0 Å². The van der Waals surface area contributed by atoms with Crippen LogP contribution in [0.5, 0.6) is 11.5 Å². The number of hydrogen-bond acceptors (Lipinski definition) is 7. The molecule has 1 fully saturated rings. The Morgan fingerprint density at radius 2 is 2.15 bits per heavy atom. The van der Waals surface area contributed by atoms with Gasteiger partial charge in [0.1, 0.15) is 21.9 Å². The summed E-state index contributed by atoms with van der Waals surface area (Å²) in [7, 11) is 3.08. The fourth-order valence-electron chi connectivity index (χ4n) is 2.42. The van der Waals surface area contributed by atoms with E-state index in [1.165, 1.54) is 23.8 Å². The Kier molecular flexibility index (Phi) is 7.36. The Morgan fingerprint density at radius 1 is 1.42 bits per heavy atom. The van der Waals surface area contributed by atoms with E-state index in [-0.39, 0.29) is 4.32 Å². The number of carbonyl (C=O) groups excluding carboxylic acids is 1. The highest BCUT2D eigenvalue weighted by molar-refractivity contribution is 8.26. The zero-order valence-corrected chi connectivity index (χ0v) is 17.0. The zero-order valence-electron chi connectivity index (χ0n) is 14.6. The van der Waals surface area contributed by atoms with Crippen LogP contribution in [0.15, 0.2) is 23.1 Å². The van der Waals surface area contributed by atoms with Gasteiger partial charge in [0.05, 0.1) is 19.1 Å². The summed E-state index contributed by atoms with van der Waals surface area (Å²) < 4.78 is 10.8. The average molecular weight is 414 g/mol. The first-order chi connectivity index (χ1) is 12.4. The molecular formula is C17H19NO5S3. The molecule has 6 nitrogen and oxygen atoms in total. The molecule has 1 aromatic carbocycles. The molecule has 0 saturated carbocycles. The lowest BCUT2D eigenvalue weighted by Crippen LogP contribution is -2.44. The second-order valence-electron chi connectivity index (χ2n) is 5.30. The molecule has 1 heterocycles. The fourth-order valence-corrected chi connectivity index (χ4v) is 4.23. The van der Waals surface area contributed by atoms with Gasteiger partial charge >= 0.3 is 5.97 Å². The van der Waals surface area contributed by atoms with Crippen LogP contribution in [0.1, 0.15) is 12.0 Å². The van der Waals surface area contributed by atoms with Crippen LogP contribution in [-0.4, -0.2) is 58.5 Å². The van der Waals surface area contributed by atoms with E-state index >= 15 is 0 Å². The molecule has 1 aliphatic heterocycles. The van der Waals surface area contributed by atoms with Gasteiger partial charge in [-0.2, -0.15) is 11.8 Å². The van der Waals surface area contributed by atoms with Crippen LogP contribution in [0.4, 0.5) is 0 Å². The molecule has 0 aromatic heterocycles. The van der Waals surface area contributed by atoms with E-state index in [4.69, 9.17) is 21.7 Å². The summed E-state index contributed by atoms with van der Waals surface area (Å²) in [6, 6.07) is 4.28. The molecule has 26 heavy (non-hydrogen) atoms. The molecule has 9 heteroatoms. The van der Waals surface area contributed by atoms with Gasteiger partial charge in [0, 0.05) is 11.6 Å². The highest BCUT2D eigenvalue weighted by Gasteiger charge is 2.40. The van der Waals surface area contributed by atoms with E-state index in [9.17, 15) is 14.7 Å². The van der Waals surface area contributed by atoms with E-state index in [0.29, 0.717) is 34.1 Å². The number of aliphatic carboxylic acids is 1. The SMILES string of the molecule is COc1ccc(/C=C2/SC(=S)N([C@@H](CCSC)C(=O)O)C2=O)c(OC)c1. The Hall–Kier alpha value is -1.71. The van der Waals surface area contributed by atoms with E-state index in [1.54, 1.807) is 31.4 Å². The Morgan fingerprint density at radius 3 is 2.73 bits per heavy atom. The minimum absolute atomic E-state index is 0.252. The predicted octanol–water partition coefficient (Wildman–Crippen LogP) is 3.11. The third-order valence-electron chi connectivity index (χ3n) is 3.74. The van der Waals surface area contributed by atoms with Crippen LogP contribution in [-0.2, 0) is 9.59 Å². The number of carboxylic acid groups (broad SMARTS) is 1. The summed E-state index contributed by atoms with van der Waals surface area (Å²) in [5.74, 6) is 0.352. The number of methoxy groups -OCH3 is 2. The van der Waals surface area contributed by atoms with Gasteiger partial charge in [-0.1, -0.05) is 24.0 Å². The lowest BCUT2D eigenvalue weighted by molar-refractivity contribution is -0.145. The maximum Gasteiger partial charge on any atom is 0.326 e. The molecule has 1 atom stereocenters. The molecule has 0 aliphatic carbocycles. The molecule has 1 amide bonds. The summed E-state index contributed by atoms with van der Waals surface area (Å²) in [5, 5.41) is 9.49. The number of amides is 1. The highest BCUT2D eigenvalue weighted by atomic mass is 32.2. The van der Waals surface area contributed by atoms with Crippen molar-refractivity contribution in [2.24, 2.45) is 0 Å². The lowest BCUT2D eigenvalue weighted by atomic mass is 10.1. The minimum atomic E-state index is -1.06. The zero-order chi connectivity index (χ0) is 19.3. The number of thiocarbonyl (C=S) groups is 1. The summed E-state index contributed by atoms with van der Waals surface area (Å²) in [6.07, 6.45) is 3.88. The summed E-state index contributed by atoms with van der Waals surface area (Å²) in [6.45, 7) is 0. The molecule has 0 radical (unpaired) electrons. The molecule has 0 unspecified atom stereocenters. The van der Waals surface area contributed by atoms with Crippen LogP contribution in [0.3, 0.4) is 0 Å². The molecule has 2 rings (SSSR count). The molecule has 140 valence electrons. The van der Waals surface area contributed by atoms with Crippen molar-refractivity contribution in [2.75, 3.05) is 26.2 Å². The first kappa shape index (κ1) is 20.6. The van der Waals surface area contributed by atoms with Crippen LogP contribution in [0.25, 0.3) is 6.08 Å². The van der Waals surface area contributed by atoms with Crippen molar-refractivity contribution in [3.05, 3.63) is 28.7 Å². The standard InChI is InChI=1S/C17H19NO5S3/c1-22-11-5-4-10(13(9-11)23-2)8-14-15(19)18(17(24)26-14)12(16(20)21)6-7-25-3/h4-5,8-9,12H,6-7H2,1-3H3,(H,20,21)/b14-8+/t12-/m0/s1. The first-order valence-electron chi connectivity index (χ1n) is 7.63. The number of thioether (sulfide) groups is 2. The number of benzene rings is 1. The monoisotopic (exact) mass is 413 g/mol. The van der Waals surface area contributed by atoms with Gasteiger partial charge in [0.2, 0.25) is 0 Å². The van der Waals surface area contributed by atoms with Gasteiger partial charge in [-0.15, -0.1) is 0 Å². The van der Waals surface area contributed by atoms with Crippen LogP contribution >= 0.6 is 35.7 Å². The molecular weight excluding hydrogens is 394 g/mol. The molecule has 1 N–H and O–H groups in total. The normalized spacial score (nSPS) is 16.9. The van der Waals surface area contributed by atoms with Crippen LogP contribution in [0.2, 0.25) is 0 Å². The third-order valence-corrected chi connectivity index (χ3v) is 5.72. The van der Waals surface area contributed by atoms with Crippen molar-refractivity contribution in [1.82, 2.24) is 4.90 Å². The topological polar surface area (TPSA) is 76.1 Å². The number of rotatable bonds is 8. The third kappa shape index (κ3) is 4.52. The van der Waals surface area contributed by atoms with Gasteiger partial charge in [0.15, 0.2) is 0 Å². The van der Waals surface area contributed by atoms with E-state index in [1.807, 2.05) is 6.26 Å². The number of carboxylic acids is 1. The van der Waals surface area contributed by atoms with Gasteiger partial charge in [-0.3, -0.25) is 9.69 Å². The summed E-state index contributed by atoms with van der Waals surface area (Å²) >= 11 is 7.89. The van der Waals surface area contributed by atoms with Crippen molar-refractivity contribution in [3.8, 4) is 11.5 Å². The van der Waals surface area contributed by atoms with Gasteiger partial charge in [-0.05, 0) is 36.6 Å². The van der Waals surface area contributed by atoms with Crippen LogP contribution in [0, 0.1) is 0 Å². The quantitative estimate of drug-likeness (QED) is 0.515. The van der Waals surface area contributed by atoms with Gasteiger partial charge in [-0.25, -0.2) is 4.79 Å². The van der Waals surface area contributed by atoms with Crippen molar-refractivity contribution >= 4 is 58.0 Å². The first-order valence-corrected chi connectivity index (χ1v) is 10.3. The molecule has 1 aromatic rings. The second-order valence-corrected chi connectivity index (χ2v) is 7.96. The number of ether oxygens (including phenoxy) is 2. The van der Waals surface area contributed by atoms with Crippen molar-refractivity contribution in [1.29, 1.82) is 0 Å². The number of hydrogen-bond donors (Lipinski definition) is 1. The predicted molar refractivity (Wildman–Crippen MR) is 109 cm³/mol. The number of carbonyl (C=O) groups is 2. The van der Waals surface area contributed by atoms with E-state index < -0.39 is 17.9 Å². The van der Waals surface area contributed by atoms with E-state index in [0.717, 1.165) is 11.8 Å². The van der Waals surface area contributed by atoms with Crippen molar-refractivity contribution in [2.45, 2.75) is 12.5 Å². The van der Waals surface area contributed by atoms with Gasteiger partial charge < -0.3 is 14.6 Å². The molecule has 1 saturated heterocycles. The molecule has 1 aliphatic rings. The fraction of sp³-hybridized carbons (Fsp3) is 0.353. The largest absolute Gasteiger partial charge is 0.497 e. The molecule has 0 spiro atoms. The smallest absolute Gasteiger partial charge is 0.326 e. The molecule has 0 bridgehead atoms. The average Bonchev–Trinajstić information content (AvgIpc) is 2.89. The minimum Gasteiger partial charge on any atom is -0.497 e. The Bertz CT molecular complexity index is 750. The summed E-state index contributed by atoms with van der Waals surface area (Å²) in [4.78, 5) is 25.9. The second kappa shape index (κ2) is 9.29. The Labute approximate surface area is 165 Å². The summed E-state index contributed by atoms with van der Waals surface area (Å²) in [5.41, 5.74) is 0.685. The highest BCUT2D eigenvalue weighted by Crippen LogP contribution is 2.36. The Balaban J connectivity index is 2.33. The maximum absolute atomic E-state index is 12.8. The van der Waals surface area contributed by atoms with Gasteiger partial charge in [0.25, 0.3) is 5.91 Å². The van der Waals surface area contributed by atoms with Crippen LogP contribution < -0.4 is 9.47 Å².